The zero-order valence-corrected chi connectivity index (χ0v) is 24.5. The molecular weight excluding hydrogens is 571 g/mol. The summed E-state index contributed by atoms with van der Waals surface area (Å²) in [5, 5.41) is 8.30. The highest BCUT2D eigenvalue weighted by Gasteiger charge is 2.33. The Morgan fingerprint density at radius 3 is 2.54 bits per heavy atom. The molecule has 0 radical (unpaired) electrons. The fraction of sp³-hybridized carbons (Fsp3) is 0.464. The highest BCUT2D eigenvalue weighted by Crippen LogP contribution is 2.48. The van der Waals surface area contributed by atoms with Crippen LogP contribution in [-0.4, -0.2) is 85.4 Å². The number of sulfonamides is 1. The van der Waals surface area contributed by atoms with Crippen LogP contribution in [0.4, 0.5) is 10.1 Å². The Morgan fingerprint density at radius 1 is 1.17 bits per heavy atom. The van der Waals surface area contributed by atoms with Crippen LogP contribution in [-0.2, 0) is 14.9 Å². The topological polar surface area (TPSA) is 128 Å². The number of nitrogens with one attached hydrogen (secondary N) is 1. The molecule has 222 valence electrons. The zero-order chi connectivity index (χ0) is 28.8. The van der Waals surface area contributed by atoms with Crippen molar-refractivity contribution >= 4 is 43.1 Å². The fourth-order valence-electron chi connectivity index (χ4n) is 5.51. The molecule has 0 amide bonds. The van der Waals surface area contributed by atoms with E-state index in [1.807, 2.05) is 6.07 Å². The number of nitrogens with zero attached hydrogens (tertiary/aromatic N) is 3. The van der Waals surface area contributed by atoms with E-state index in [-0.39, 0.29) is 18.3 Å². The first-order valence-corrected chi connectivity index (χ1v) is 17.6. The van der Waals surface area contributed by atoms with E-state index in [1.165, 1.54) is 22.7 Å². The second-order valence-corrected chi connectivity index (χ2v) is 15.3. The van der Waals surface area contributed by atoms with Crippen molar-refractivity contribution in [2.45, 2.75) is 25.2 Å². The molecule has 2 aliphatic heterocycles. The van der Waals surface area contributed by atoms with Crippen molar-refractivity contribution in [3.8, 4) is 11.3 Å². The Morgan fingerprint density at radius 2 is 1.90 bits per heavy atom. The average Bonchev–Trinajstić information content (AvgIpc) is 3.72. The Kier molecular flexibility index (Phi) is 7.66. The van der Waals surface area contributed by atoms with E-state index >= 15 is 0 Å². The number of halogens is 1. The molecule has 10 nitrogen and oxygen atoms in total. The molecule has 13 heteroatoms. The summed E-state index contributed by atoms with van der Waals surface area (Å²) in [4.78, 5) is 7.52. The molecular formula is C28H35FN4O6S2. The summed E-state index contributed by atoms with van der Waals surface area (Å²) in [6.07, 6.45) is 3.75. The number of hydrogen-bond donors (Lipinski definition) is 3. The summed E-state index contributed by atoms with van der Waals surface area (Å²) in [6, 6.07) is 9.85. The summed E-state index contributed by atoms with van der Waals surface area (Å²) in [5.74, 6) is 1.60. The highest BCUT2D eigenvalue weighted by atomic mass is 32.3. The van der Waals surface area contributed by atoms with Crippen LogP contribution in [0.2, 0.25) is 0 Å². The molecule has 3 aliphatic rings. The van der Waals surface area contributed by atoms with Crippen molar-refractivity contribution in [2.24, 2.45) is 5.16 Å². The Hall–Kier alpha value is -2.84. The van der Waals surface area contributed by atoms with Gasteiger partial charge in [-0.25, -0.2) is 12.8 Å². The van der Waals surface area contributed by atoms with Gasteiger partial charge in [-0.1, -0.05) is 5.16 Å². The SMILES string of the molecule is CS(=O)(=O)N(CCCN1CCS(O)(O)CC1)c1cc2oc(-c3ccc(F)cc3)c(C3=NOCCN3)c2cc1C1CC1. The lowest BCUT2D eigenvalue weighted by Crippen LogP contribution is -2.40. The number of fused-ring (bicyclic) bond motifs is 1. The van der Waals surface area contributed by atoms with Crippen LogP contribution in [0.1, 0.15) is 36.3 Å². The lowest BCUT2D eigenvalue weighted by Gasteiger charge is -2.41. The molecule has 3 N–H and O–H groups in total. The molecule has 1 aromatic heterocycles. The lowest BCUT2D eigenvalue weighted by molar-refractivity contribution is 0.136. The number of hydrogen-bond acceptors (Lipinski definition) is 9. The van der Waals surface area contributed by atoms with Gasteiger partial charge in [0.15, 0.2) is 5.84 Å². The number of furan rings is 1. The van der Waals surface area contributed by atoms with Gasteiger partial charge in [-0.3, -0.25) is 13.4 Å². The van der Waals surface area contributed by atoms with Crippen LogP contribution in [0, 0.1) is 5.82 Å². The summed E-state index contributed by atoms with van der Waals surface area (Å²) in [5.41, 5.74) is 3.42. The van der Waals surface area contributed by atoms with Crippen molar-refractivity contribution in [3.05, 3.63) is 53.3 Å². The molecule has 0 bridgehead atoms. The molecule has 3 heterocycles. The van der Waals surface area contributed by atoms with E-state index in [2.05, 4.69) is 15.4 Å². The molecule has 2 fully saturated rings. The van der Waals surface area contributed by atoms with Gasteiger partial charge >= 0.3 is 0 Å². The maximum absolute atomic E-state index is 13.7. The van der Waals surface area contributed by atoms with Gasteiger partial charge in [0.2, 0.25) is 10.0 Å². The molecule has 0 unspecified atom stereocenters. The normalized spacial score (nSPS) is 20.2. The standard InChI is InChI=1S/C28H35FN4O6S2/c1-40(34,35)33(11-2-10-32-12-15-41(36,37)16-13-32)24-18-25-23(17-22(24)19-3-4-19)26(28-30-9-14-38-31-28)27(39-25)20-5-7-21(29)8-6-20/h5-8,17-19,36-37H,2-4,9-16H2,1H3,(H,30,31). The van der Waals surface area contributed by atoms with Crippen LogP contribution in [0.3, 0.4) is 0 Å². The van der Waals surface area contributed by atoms with Crippen molar-refractivity contribution < 1.29 is 31.2 Å². The van der Waals surface area contributed by atoms with Gasteiger partial charge in [-0.05, 0) is 67.6 Å². The second kappa shape index (κ2) is 11.1. The van der Waals surface area contributed by atoms with Crippen LogP contribution >= 0.6 is 10.6 Å². The molecule has 1 aliphatic carbocycles. The van der Waals surface area contributed by atoms with Crippen LogP contribution in [0.25, 0.3) is 22.3 Å². The predicted molar refractivity (Wildman–Crippen MR) is 160 cm³/mol. The Bertz CT molecular complexity index is 1560. The first kappa shape index (κ1) is 28.3. The van der Waals surface area contributed by atoms with Gasteiger partial charge in [-0.2, -0.15) is 10.6 Å². The smallest absolute Gasteiger partial charge is 0.232 e. The molecule has 0 spiro atoms. The van der Waals surface area contributed by atoms with Crippen LogP contribution < -0.4 is 9.62 Å². The fourth-order valence-corrected chi connectivity index (χ4v) is 7.79. The van der Waals surface area contributed by atoms with E-state index in [4.69, 9.17) is 9.25 Å². The van der Waals surface area contributed by atoms with E-state index in [9.17, 15) is 21.9 Å². The Balaban J connectivity index is 1.39. The van der Waals surface area contributed by atoms with E-state index in [1.54, 1.807) is 18.2 Å². The predicted octanol–water partition coefficient (Wildman–Crippen LogP) is 4.62. The van der Waals surface area contributed by atoms with Crippen molar-refractivity contribution in [2.75, 3.05) is 61.4 Å². The monoisotopic (exact) mass is 606 g/mol. The molecule has 1 saturated heterocycles. The summed E-state index contributed by atoms with van der Waals surface area (Å²) in [7, 11) is -6.10. The minimum Gasteiger partial charge on any atom is -0.455 e. The maximum atomic E-state index is 13.7. The van der Waals surface area contributed by atoms with Gasteiger partial charge in [0.05, 0.1) is 35.6 Å². The summed E-state index contributed by atoms with van der Waals surface area (Å²) in [6.45, 7) is 3.13. The largest absolute Gasteiger partial charge is 0.455 e. The number of rotatable bonds is 9. The molecule has 6 rings (SSSR count). The second-order valence-electron chi connectivity index (χ2n) is 10.9. The minimum absolute atomic E-state index is 0.237. The molecule has 0 atom stereocenters. The van der Waals surface area contributed by atoms with E-state index in [0.717, 1.165) is 23.8 Å². The first-order chi connectivity index (χ1) is 19.6. The van der Waals surface area contributed by atoms with Gasteiger partial charge in [-0.15, -0.1) is 0 Å². The van der Waals surface area contributed by atoms with Gasteiger partial charge in [0.25, 0.3) is 0 Å². The number of amidine groups is 1. The molecule has 1 saturated carbocycles. The summed E-state index contributed by atoms with van der Waals surface area (Å²) >= 11 is 0. The van der Waals surface area contributed by atoms with Gasteiger partial charge < -0.3 is 19.5 Å². The van der Waals surface area contributed by atoms with E-state index < -0.39 is 20.6 Å². The van der Waals surface area contributed by atoms with Crippen molar-refractivity contribution in [1.29, 1.82) is 0 Å². The summed E-state index contributed by atoms with van der Waals surface area (Å²) < 4.78 is 67.7. The third-order valence-electron chi connectivity index (χ3n) is 7.81. The van der Waals surface area contributed by atoms with Gasteiger partial charge in [0, 0.05) is 36.7 Å². The average molecular weight is 607 g/mol. The van der Waals surface area contributed by atoms with E-state index in [0.29, 0.717) is 84.7 Å². The zero-order valence-electron chi connectivity index (χ0n) is 22.9. The number of anilines is 1. The van der Waals surface area contributed by atoms with Gasteiger partial charge in [0.1, 0.15) is 23.8 Å². The van der Waals surface area contributed by atoms with Crippen molar-refractivity contribution in [1.82, 2.24) is 10.2 Å². The molecule has 2 aromatic carbocycles. The number of oxime groups is 1. The maximum Gasteiger partial charge on any atom is 0.232 e. The molecule has 41 heavy (non-hydrogen) atoms. The number of benzene rings is 2. The Labute approximate surface area is 240 Å². The third-order valence-corrected chi connectivity index (χ3v) is 10.7. The van der Waals surface area contributed by atoms with Crippen molar-refractivity contribution in [3.63, 3.8) is 0 Å². The lowest BCUT2D eigenvalue weighted by atomic mass is 10.00. The highest BCUT2D eigenvalue weighted by molar-refractivity contribution is 8.24. The quantitative estimate of drug-likeness (QED) is 0.322. The third kappa shape index (κ3) is 6.19. The first-order valence-electron chi connectivity index (χ1n) is 13.8. The minimum atomic E-state index is -3.62. The van der Waals surface area contributed by atoms with Crippen LogP contribution in [0.5, 0.6) is 0 Å². The molecule has 3 aromatic rings. The van der Waals surface area contributed by atoms with Crippen LogP contribution in [0.15, 0.2) is 46.0 Å².